The van der Waals surface area contributed by atoms with E-state index in [2.05, 4.69) is 5.32 Å². The highest BCUT2D eigenvalue weighted by Crippen LogP contribution is 2.31. The number of rotatable bonds is 3. The zero-order chi connectivity index (χ0) is 19.4. The number of hydrogen-bond donors (Lipinski definition) is 1. The summed E-state index contributed by atoms with van der Waals surface area (Å²) in [5.41, 5.74) is -0.521. The largest absolute Gasteiger partial charge is 0.485 e. The number of benzene rings is 1. The topological polar surface area (TPSA) is 77.1 Å². The van der Waals surface area contributed by atoms with Gasteiger partial charge in [0.1, 0.15) is 12.2 Å². The van der Waals surface area contributed by atoms with Gasteiger partial charge in [0.15, 0.2) is 11.5 Å². The van der Waals surface area contributed by atoms with Gasteiger partial charge >= 0.3 is 6.09 Å². The summed E-state index contributed by atoms with van der Waals surface area (Å²) in [7, 11) is 0. The van der Waals surface area contributed by atoms with E-state index < -0.39 is 17.8 Å². The average Bonchev–Trinajstić information content (AvgIpc) is 2.64. The van der Waals surface area contributed by atoms with Crippen molar-refractivity contribution in [2.45, 2.75) is 45.3 Å². The van der Waals surface area contributed by atoms with E-state index in [1.165, 1.54) is 0 Å². The third-order valence-electron chi connectivity index (χ3n) is 4.55. The van der Waals surface area contributed by atoms with Gasteiger partial charge in [-0.15, -0.1) is 0 Å². The van der Waals surface area contributed by atoms with Gasteiger partial charge in [0.25, 0.3) is 5.91 Å². The minimum atomic E-state index is -0.627. The van der Waals surface area contributed by atoms with E-state index in [0.717, 1.165) is 12.8 Å². The van der Waals surface area contributed by atoms with Gasteiger partial charge in [-0.25, -0.2) is 4.79 Å². The lowest BCUT2D eigenvalue weighted by atomic mass is 9.97. The third-order valence-corrected chi connectivity index (χ3v) is 4.55. The molecule has 7 heteroatoms. The van der Waals surface area contributed by atoms with E-state index in [4.69, 9.17) is 14.2 Å². The van der Waals surface area contributed by atoms with Crippen LogP contribution in [0.2, 0.25) is 0 Å². The number of nitrogens with zero attached hydrogens (tertiary/aromatic N) is 1. The maximum Gasteiger partial charge on any atom is 0.407 e. The lowest BCUT2D eigenvalue weighted by molar-refractivity contribution is -0.143. The monoisotopic (exact) mass is 376 g/mol. The first kappa shape index (κ1) is 19.3. The van der Waals surface area contributed by atoms with E-state index >= 15 is 0 Å². The van der Waals surface area contributed by atoms with Crippen molar-refractivity contribution in [1.29, 1.82) is 0 Å². The van der Waals surface area contributed by atoms with E-state index in [1.54, 1.807) is 6.07 Å². The molecule has 148 valence electrons. The first-order valence-corrected chi connectivity index (χ1v) is 9.46. The molecule has 1 fully saturated rings. The fourth-order valence-corrected chi connectivity index (χ4v) is 3.32. The number of piperidine rings is 1. The Morgan fingerprint density at radius 1 is 1.26 bits per heavy atom. The SMILES string of the molecule is CC(C)(C)OC(=O)NC[C@H]1CCCN(C(=O)[C@H]2COc3ccccc3O2)C1. The maximum absolute atomic E-state index is 12.8. The van der Waals surface area contributed by atoms with Crippen LogP contribution in [0.3, 0.4) is 0 Å². The lowest BCUT2D eigenvalue weighted by Gasteiger charge is -2.36. The van der Waals surface area contributed by atoms with Crippen LogP contribution >= 0.6 is 0 Å². The molecule has 2 heterocycles. The van der Waals surface area contributed by atoms with Crippen molar-refractivity contribution < 1.29 is 23.8 Å². The molecule has 2 amide bonds. The van der Waals surface area contributed by atoms with Crippen molar-refractivity contribution in [2.24, 2.45) is 5.92 Å². The smallest absolute Gasteiger partial charge is 0.407 e. The van der Waals surface area contributed by atoms with Crippen molar-refractivity contribution >= 4 is 12.0 Å². The second-order valence-corrected chi connectivity index (χ2v) is 8.04. The molecular weight excluding hydrogens is 348 g/mol. The summed E-state index contributed by atoms with van der Waals surface area (Å²) in [5.74, 6) is 1.40. The zero-order valence-electron chi connectivity index (χ0n) is 16.2. The molecule has 0 radical (unpaired) electrons. The Kier molecular flexibility index (Phi) is 5.77. The molecule has 2 aliphatic rings. The van der Waals surface area contributed by atoms with E-state index in [-0.39, 0.29) is 18.4 Å². The van der Waals surface area contributed by atoms with Crippen LogP contribution in [0.5, 0.6) is 11.5 Å². The summed E-state index contributed by atoms with van der Waals surface area (Å²) in [6, 6.07) is 7.36. The molecule has 27 heavy (non-hydrogen) atoms. The van der Waals surface area contributed by atoms with Crippen molar-refractivity contribution in [3.63, 3.8) is 0 Å². The number of hydrogen-bond acceptors (Lipinski definition) is 5. The average molecular weight is 376 g/mol. The predicted molar refractivity (Wildman–Crippen MR) is 99.9 cm³/mol. The fraction of sp³-hybridized carbons (Fsp3) is 0.600. The fourth-order valence-electron chi connectivity index (χ4n) is 3.32. The molecular formula is C20H28N2O5. The van der Waals surface area contributed by atoms with Crippen molar-refractivity contribution in [2.75, 3.05) is 26.2 Å². The molecule has 0 bridgehead atoms. The normalized spacial score (nSPS) is 22.1. The number of fused-ring (bicyclic) bond motifs is 1. The van der Waals surface area contributed by atoms with Crippen LogP contribution in [0.4, 0.5) is 4.79 Å². The zero-order valence-corrected chi connectivity index (χ0v) is 16.2. The van der Waals surface area contributed by atoms with Gasteiger partial charge in [-0.1, -0.05) is 12.1 Å². The highest BCUT2D eigenvalue weighted by atomic mass is 16.6. The number of para-hydroxylation sites is 2. The number of carbonyl (C=O) groups is 2. The second-order valence-electron chi connectivity index (χ2n) is 8.04. The van der Waals surface area contributed by atoms with Gasteiger partial charge in [-0.2, -0.15) is 0 Å². The molecule has 0 saturated carbocycles. The standard InChI is InChI=1S/C20H28N2O5/c1-20(2,3)27-19(24)21-11-14-7-6-10-22(12-14)18(23)17-13-25-15-8-4-5-9-16(15)26-17/h4-5,8-9,14,17H,6-7,10-13H2,1-3H3,(H,21,24)/t14-,17-/m1/s1. The Balaban J connectivity index is 1.51. The van der Waals surface area contributed by atoms with E-state index in [0.29, 0.717) is 31.1 Å². The number of likely N-dealkylation sites (tertiary alicyclic amines) is 1. The van der Waals surface area contributed by atoms with Gasteiger partial charge < -0.3 is 24.4 Å². The Bertz CT molecular complexity index is 685. The van der Waals surface area contributed by atoms with Gasteiger partial charge in [0, 0.05) is 19.6 Å². The van der Waals surface area contributed by atoms with Crippen LogP contribution in [-0.2, 0) is 9.53 Å². The van der Waals surface area contributed by atoms with E-state index in [1.807, 2.05) is 43.9 Å². The van der Waals surface area contributed by atoms with Gasteiger partial charge in [0.05, 0.1) is 0 Å². The maximum atomic E-state index is 12.8. The summed E-state index contributed by atoms with van der Waals surface area (Å²) in [4.78, 5) is 26.5. The summed E-state index contributed by atoms with van der Waals surface area (Å²) in [5, 5.41) is 2.81. The van der Waals surface area contributed by atoms with Crippen LogP contribution in [0.15, 0.2) is 24.3 Å². The summed E-state index contributed by atoms with van der Waals surface area (Å²) < 4.78 is 16.7. The summed E-state index contributed by atoms with van der Waals surface area (Å²) in [6.45, 7) is 7.49. The number of nitrogens with one attached hydrogen (secondary N) is 1. The number of amides is 2. The van der Waals surface area contributed by atoms with E-state index in [9.17, 15) is 9.59 Å². The Morgan fingerprint density at radius 2 is 2.00 bits per heavy atom. The molecule has 0 aliphatic carbocycles. The minimum Gasteiger partial charge on any atom is -0.485 e. The molecule has 2 aliphatic heterocycles. The van der Waals surface area contributed by atoms with Crippen molar-refractivity contribution in [3.05, 3.63) is 24.3 Å². The summed E-state index contributed by atoms with van der Waals surface area (Å²) >= 11 is 0. The number of alkyl carbamates (subject to hydrolysis) is 1. The van der Waals surface area contributed by atoms with Gasteiger partial charge in [0.2, 0.25) is 6.10 Å². The molecule has 7 nitrogen and oxygen atoms in total. The molecule has 1 N–H and O–H groups in total. The lowest BCUT2D eigenvalue weighted by Crippen LogP contribution is -2.51. The molecule has 0 aromatic heterocycles. The van der Waals surface area contributed by atoms with Gasteiger partial charge in [-0.05, 0) is 51.7 Å². The minimum absolute atomic E-state index is 0.0635. The molecule has 0 spiro atoms. The highest BCUT2D eigenvalue weighted by molar-refractivity contribution is 5.82. The van der Waals surface area contributed by atoms with Gasteiger partial charge in [-0.3, -0.25) is 4.79 Å². The first-order valence-electron chi connectivity index (χ1n) is 9.46. The molecule has 0 unspecified atom stereocenters. The number of carbonyl (C=O) groups excluding carboxylic acids is 2. The van der Waals surface area contributed by atoms with Crippen LogP contribution in [0.25, 0.3) is 0 Å². The summed E-state index contributed by atoms with van der Waals surface area (Å²) in [6.07, 6.45) is 0.810. The molecule has 1 aromatic rings. The van der Waals surface area contributed by atoms with Crippen molar-refractivity contribution in [3.8, 4) is 11.5 Å². The number of ether oxygens (including phenoxy) is 3. The molecule has 2 atom stereocenters. The van der Waals surface area contributed by atoms with Crippen molar-refractivity contribution in [1.82, 2.24) is 10.2 Å². The van der Waals surface area contributed by atoms with Crippen LogP contribution in [0.1, 0.15) is 33.6 Å². The van der Waals surface area contributed by atoms with Crippen LogP contribution in [0, 0.1) is 5.92 Å². The molecule has 1 saturated heterocycles. The Labute approximate surface area is 160 Å². The van der Waals surface area contributed by atoms with Crippen LogP contribution < -0.4 is 14.8 Å². The quantitative estimate of drug-likeness (QED) is 0.877. The third kappa shape index (κ3) is 5.28. The van der Waals surface area contributed by atoms with Crippen LogP contribution in [-0.4, -0.2) is 54.8 Å². The highest BCUT2D eigenvalue weighted by Gasteiger charge is 2.33. The Morgan fingerprint density at radius 3 is 2.74 bits per heavy atom. The predicted octanol–water partition coefficient (Wildman–Crippen LogP) is 2.59. The Hall–Kier alpha value is -2.44. The first-order chi connectivity index (χ1) is 12.8. The second kappa shape index (κ2) is 8.06. The molecule has 1 aromatic carbocycles. The molecule has 3 rings (SSSR count).